The second-order valence-corrected chi connectivity index (χ2v) is 10.3. The van der Waals surface area contributed by atoms with Crippen molar-refractivity contribution < 1.29 is 13.9 Å². The predicted molar refractivity (Wildman–Crippen MR) is 145 cm³/mol. The first-order chi connectivity index (χ1) is 17.8. The van der Waals surface area contributed by atoms with Gasteiger partial charge < -0.3 is 9.15 Å². The van der Waals surface area contributed by atoms with E-state index in [1.165, 1.54) is 11.3 Å². The summed E-state index contributed by atoms with van der Waals surface area (Å²) in [6.07, 6.45) is 1.71. The summed E-state index contributed by atoms with van der Waals surface area (Å²) >= 11 is 7.44. The van der Waals surface area contributed by atoms with Crippen molar-refractivity contribution in [1.82, 2.24) is 4.57 Å². The molecule has 0 N–H and O–H groups in total. The van der Waals surface area contributed by atoms with Crippen molar-refractivity contribution in [3.8, 4) is 11.3 Å². The highest BCUT2D eigenvalue weighted by Gasteiger charge is 2.33. The number of esters is 1. The number of rotatable bonds is 5. The summed E-state index contributed by atoms with van der Waals surface area (Å²) in [6, 6.07) is 16.5. The topological polar surface area (TPSA) is 73.8 Å². The van der Waals surface area contributed by atoms with Gasteiger partial charge in [0, 0.05) is 16.7 Å². The molecule has 8 heteroatoms. The van der Waals surface area contributed by atoms with Gasteiger partial charge >= 0.3 is 5.97 Å². The van der Waals surface area contributed by atoms with Crippen LogP contribution in [0, 0.1) is 13.8 Å². The molecule has 2 aromatic heterocycles. The molecule has 0 amide bonds. The van der Waals surface area contributed by atoms with Crippen LogP contribution in [0.4, 0.5) is 0 Å². The van der Waals surface area contributed by atoms with Crippen LogP contribution in [0.3, 0.4) is 0 Å². The fourth-order valence-electron chi connectivity index (χ4n) is 4.42. The summed E-state index contributed by atoms with van der Waals surface area (Å²) in [4.78, 5) is 31.8. The smallest absolute Gasteiger partial charge is 0.338 e. The number of halogens is 1. The first-order valence-electron chi connectivity index (χ1n) is 11.9. The Labute approximate surface area is 222 Å². The molecule has 1 aliphatic heterocycles. The minimum absolute atomic E-state index is 0.230. The summed E-state index contributed by atoms with van der Waals surface area (Å²) in [5, 5.41) is 0.621. The highest BCUT2D eigenvalue weighted by Crippen LogP contribution is 2.31. The lowest BCUT2D eigenvalue weighted by Gasteiger charge is -2.24. The number of benzene rings is 2. The number of ether oxygens (including phenoxy) is 1. The fourth-order valence-corrected chi connectivity index (χ4v) is 5.62. The molecular formula is C29H25ClN2O4S. The number of fused-ring (bicyclic) bond motifs is 1. The number of hydrogen-bond acceptors (Lipinski definition) is 6. The number of aromatic nitrogens is 1. The summed E-state index contributed by atoms with van der Waals surface area (Å²) < 4.78 is 13.4. The molecule has 5 rings (SSSR count). The standard InChI is InChI=1S/C29H25ClN2O4S/c1-5-35-28(34)25-18(4)31-29-32(26(25)19-9-6-16(2)7-10-19)27(33)24(37-29)15-21-12-13-23(36-21)22-14-20(30)11-8-17(22)3/h6-15,26H,5H2,1-4H3/b24-15-/t26-/m0/s1. The van der Waals surface area contributed by atoms with Crippen molar-refractivity contribution in [2.75, 3.05) is 6.61 Å². The molecule has 37 heavy (non-hydrogen) atoms. The third-order valence-electron chi connectivity index (χ3n) is 6.28. The van der Waals surface area contributed by atoms with Crippen LogP contribution in [0.1, 0.15) is 42.3 Å². The average Bonchev–Trinajstić information content (AvgIpc) is 3.45. The van der Waals surface area contributed by atoms with Crippen molar-refractivity contribution >= 4 is 35.0 Å². The van der Waals surface area contributed by atoms with E-state index in [0.717, 1.165) is 22.3 Å². The third-order valence-corrected chi connectivity index (χ3v) is 7.49. The van der Waals surface area contributed by atoms with Gasteiger partial charge in [0.05, 0.1) is 28.5 Å². The molecule has 3 heterocycles. The SMILES string of the molecule is CCOC(=O)C1=C(C)N=c2s/c(=C\c3ccc(-c4cc(Cl)ccc4C)o3)c(=O)n2[C@H]1c1ccc(C)cc1. The Morgan fingerprint density at radius 1 is 1.14 bits per heavy atom. The first kappa shape index (κ1) is 25.0. The molecule has 0 bridgehead atoms. The summed E-state index contributed by atoms with van der Waals surface area (Å²) in [6.45, 7) is 7.74. The Kier molecular flexibility index (Phi) is 6.75. The van der Waals surface area contributed by atoms with Crippen LogP contribution in [0.25, 0.3) is 17.4 Å². The van der Waals surface area contributed by atoms with Gasteiger partial charge in [-0.3, -0.25) is 9.36 Å². The Hall–Kier alpha value is -3.68. The van der Waals surface area contributed by atoms with Crippen LogP contribution in [-0.2, 0) is 9.53 Å². The van der Waals surface area contributed by atoms with Gasteiger partial charge in [-0.1, -0.05) is 58.8 Å². The monoisotopic (exact) mass is 532 g/mol. The molecule has 4 aromatic rings. The fraction of sp³-hybridized carbons (Fsp3) is 0.207. The largest absolute Gasteiger partial charge is 0.463 e. The maximum atomic E-state index is 13.7. The van der Waals surface area contributed by atoms with Crippen LogP contribution in [0.5, 0.6) is 0 Å². The lowest BCUT2D eigenvalue weighted by Crippen LogP contribution is -2.39. The lowest BCUT2D eigenvalue weighted by atomic mass is 9.95. The maximum absolute atomic E-state index is 13.7. The quantitative estimate of drug-likeness (QED) is 0.326. The van der Waals surface area contributed by atoms with Crippen molar-refractivity contribution in [3.63, 3.8) is 0 Å². The summed E-state index contributed by atoms with van der Waals surface area (Å²) in [7, 11) is 0. The van der Waals surface area contributed by atoms with Gasteiger partial charge in [-0.05, 0) is 63.1 Å². The van der Waals surface area contributed by atoms with Gasteiger partial charge in [0.2, 0.25) is 0 Å². The third kappa shape index (κ3) is 4.72. The zero-order valence-corrected chi connectivity index (χ0v) is 22.4. The molecule has 0 unspecified atom stereocenters. The second kappa shape index (κ2) is 10.00. The van der Waals surface area contributed by atoms with Crippen LogP contribution in [0.2, 0.25) is 5.02 Å². The van der Waals surface area contributed by atoms with Crippen LogP contribution < -0.4 is 14.9 Å². The molecule has 0 aliphatic carbocycles. The molecule has 0 fully saturated rings. The van der Waals surface area contributed by atoms with Crippen LogP contribution in [0.15, 0.2) is 80.1 Å². The molecule has 1 atom stereocenters. The van der Waals surface area contributed by atoms with Crippen LogP contribution in [-0.4, -0.2) is 17.1 Å². The van der Waals surface area contributed by atoms with Gasteiger partial charge in [0.1, 0.15) is 11.5 Å². The first-order valence-corrected chi connectivity index (χ1v) is 13.1. The molecule has 2 aromatic carbocycles. The summed E-state index contributed by atoms with van der Waals surface area (Å²) in [5.74, 6) is 0.723. The van der Waals surface area contributed by atoms with Gasteiger partial charge in [-0.2, -0.15) is 0 Å². The number of hydrogen-bond donors (Lipinski definition) is 0. The molecule has 0 saturated carbocycles. The Morgan fingerprint density at radius 3 is 2.62 bits per heavy atom. The van der Waals surface area contributed by atoms with Gasteiger partial charge in [-0.15, -0.1) is 0 Å². The molecule has 188 valence electrons. The Morgan fingerprint density at radius 2 is 1.89 bits per heavy atom. The Bertz CT molecular complexity index is 1720. The second-order valence-electron chi connectivity index (χ2n) is 8.87. The van der Waals surface area contributed by atoms with Gasteiger partial charge in [0.25, 0.3) is 5.56 Å². The van der Waals surface area contributed by atoms with E-state index in [1.54, 1.807) is 24.5 Å². The lowest BCUT2D eigenvalue weighted by molar-refractivity contribution is -0.139. The normalized spacial score (nSPS) is 15.5. The Balaban J connectivity index is 1.64. The number of thiazole rings is 1. The van der Waals surface area contributed by atoms with E-state index in [4.69, 9.17) is 20.8 Å². The van der Waals surface area contributed by atoms with E-state index in [2.05, 4.69) is 4.99 Å². The van der Waals surface area contributed by atoms with E-state index in [0.29, 0.717) is 37.1 Å². The van der Waals surface area contributed by atoms with Crippen molar-refractivity contribution in [2.45, 2.75) is 33.7 Å². The minimum Gasteiger partial charge on any atom is -0.463 e. The van der Waals surface area contributed by atoms with E-state index in [1.807, 2.05) is 68.4 Å². The van der Waals surface area contributed by atoms with Gasteiger partial charge in [0.15, 0.2) is 4.80 Å². The predicted octanol–water partition coefficient (Wildman–Crippen LogP) is 5.33. The summed E-state index contributed by atoms with van der Waals surface area (Å²) in [5.41, 5.74) is 4.47. The maximum Gasteiger partial charge on any atom is 0.338 e. The zero-order valence-electron chi connectivity index (χ0n) is 20.9. The van der Waals surface area contributed by atoms with Crippen molar-refractivity contribution in [1.29, 1.82) is 0 Å². The molecular weight excluding hydrogens is 508 g/mol. The van der Waals surface area contributed by atoms with E-state index in [9.17, 15) is 9.59 Å². The minimum atomic E-state index is -0.640. The van der Waals surface area contributed by atoms with E-state index >= 15 is 0 Å². The molecule has 1 aliphatic rings. The number of furan rings is 1. The number of nitrogens with zero attached hydrogens (tertiary/aromatic N) is 2. The number of carbonyl (C=O) groups is 1. The van der Waals surface area contributed by atoms with E-state index < -0.39 is 12.0 Å². The van der Waals surface area contributed by atoms with Gasteiger partial charge in [-0.25, -0.2) is 9.79 Å². The van der Waals surface area contributed by atoms with Crippen molar-refractivity contribution in [3.05, 3.63) is 113 Å². The highest BCUT2D eigenvalue weighted by atomic mass is 35.5. The molecule has 0 radical (unpaired) electrons. The number of aryl methyl sites for hydroxylation is 2. The average molecular weight is 533 g/mol. The molecule has 0 spiro atoms. The number of carbonyl (C=O) groups excluding carboxylic acids is 1. The van der Waals surface area contributed by atoms with Crippen LogP contribution >= 0.6 is 22.9 Å². The zero-order chi connectivity index (χ0) is 26.3. The highest BCUT2D eigenvalue weighted by molar-refractivity contribution is 7.07. The van der Waals surface area contributed by atoms with Crippen molar-refractivity contribution in [2.24, 2.45) is 4.99 Å². The molecule has 6 nitrogen and oxygen atoms in total. The number of allylic oxidation sites excluding steroid dienone is 1. The van der Waals surface area contributed by atoms with E-state index in [-0.39, 0.29) is 12.2 Å². The molecule has 0 saturated heterocycles.